The summed E-state index contributed by atoms with van der Waals surface area (Å²) in [5.41, 5.74) is 0. The summed E-state index contributed by atoms with van der Waals surface area (Å²) in [5.74, 6) is -0.653. The normalized spacial score (nSPS) is 11.9. The van der Waals surface area contributed by atoms with Gasteiger partial charge in [0, 0.05) is 6.42 Å². The minimum atomic E-state index is -4.75. The van der Waals surface area contributed by atoms with E-state index in [1.54, 1.807) is 0 Å². The van der Waals surface area contributed by atoms with Gasteiger partial charge in [-0.1, -0.05) is 96.8 Å². The predicted molar refractivity (Wildman–Crippen MR) is 116 cm³/mol. The van der Waals surface area contributed by atoms with E-state index in [4.69, 9.17) is 15.3 Å². The number of rotatable bonds is 20. The molecule has 31 heavy (non-hydrogen) atoms. The third-order valence-corrected chi connectivity index (χ3v) is 5.03. The average Bonchev–Trinajstić information content (AvgIpc) is 2.68. The molecule has 3 N–H and O–H groups in total. The predicted octanol–water partition coefficient (Wildman–Crippen LogP) is 1.15. The number of hydrogen-bond donors (Lipinski definition) is 3. The molecule has 0 aromatic heterocycles. The first-order valence-electron chi connectivity index (χ1n) is 11.3. The monoisotopic (exact) mass is 478 g/mol. The first kappa shape index (κ1) is 35.8. The molecule has 0 radical (unpaired) electrons. The third kappa shape index (κ3) is 37.9. The van der Waals surface area contributed by atoms with Crippen LogP contribution in [-0.2, 0) is 19.4 Å². The van der Waals surface area contributed by atoms with Gasteiger partial charge in [0.1, 0.15) is 6.10 Å². The van der Waals surface area contributed by atoms with Gasteiger partial charge in [0.05, 0.1) is 13.2 Å². The summed E-state index contributed by atoms with van der Waals surface area (Å²) in [7, 11) is -4.75. The fourth-order valence-corrected chi connectivity index (χ4v) is 3.19. The SMILES string of the molecule is CCCCCCCCCCCCCCCCCC(=O)O.O=S(=O)([O-])OCC(O)CO.[Na+]. The van der Waals surface area contributed by atoms with Gasteiger partial charge < -0.3 is 19.9 Å². The van der Waals surface area contributed by atoms with Crippen molar-refractivity contribution in [3.8, 4) is 0 Å². The number of aliphatic carboxylic acids is 1. The molecule has 0 spiro atoms. The summed E-state index contributed by atoms with van der Waals surface area (Å²) in [6, 6.07) is 0. The molecule has 0 aliphatic carbocycles. The maximum atomic E-state index is 10.3. The van der Waals surface area contributed by atoms with Crippen LogP contribution in [-0.4, -0.2) is 53.6 Å². The Balaban J connectivity index is -0.000000604. The Morgan fingerprint density at radius 2 is 1.19 bits per heavy atom. The van der Waals surface area contributed by atoms with Crippen molar-refractivity contribution in [1.82, 2.24) is 0 Å². The minimum Gasteiger partial charge on any atom is -0.726 e. The summed E-state index contributed by atoms with van der Waals surface area (Å²) in [6.07, 6.45) is 18.9. The topological polar surface area (TPSA) is 144 Å². The van der Waals surface area contributed by atoms with Crippen LogP contribution in [0.5, 0.6) is 0 Å². The molecule has 0 aliphatic heterocycles. The Bertz CT molecular complexity index is 474. The van der Waals surface area contributed by atoms with E-state index < -0.39 is 35.7 Å². The van der Waals surface area contributed by atoms with Crippen molar-refractivity contribution in [3.05, 3.63) is 0 Å². The van der Waals surface area contributed by atoms with Gasteiger partial charge in [0.2, 0.25) is 10.4 Å². The standard InChI is InChI=1S/C18H36O2.C3H8O6S.Na/c1-2-3-4-5-6-7-8-9-10-11-12-13-14-15-16-17-18(19)20;4-1-3(5)2-9-10(6,7)8;/h2-17H2,1H3,(H,19,20);3-5H,1-2H2,(H,6,7,8);/q;;+1/p-1. The molecule has 10 heteroatoms. The fourth-order valence-electron chi connectivity index (χ4n) is 2.86. The van der Waals surface area contributed by atoms with Crippen LogP contribution < -0.4 is 29.6 Å². The van der Waals surface area contributed by atoms with Crippen LogP contribution in [0, 0.1) is 0 Å². The van der Waals surface area contributed by atoms with Crippen molar-refractivity contribution in [3.63, 3.8) is 0 Å². The third-order valence-electron chi connectivity index (χ3n) is 4.61. The molecule has 0 aromatic rings. The molecule has 1 unspecified atom stereocenters. The van der Waals surface area contributed by atoms with Crippen molar-refractivity contribution in [2.24, 2.45) is 0 Å². The van der Waals surface area contributed by atoms with Crippen molar-refractivity contribution >= 4 is 16.4 Å². The summed E-state index contributed by atoms with van der Waals surface area (Å²) in [5, 5.41) is 25.1. The summed E-state index contributed by atoms with van der Waals surface area (Å²) in [4.78, 5) is 10.3. The molecule has 0 heterocycles. The van der Waals surface area contributed by atoms with Crippen LogP contribution >= 0.6 is 0 Å². The van der Waals surface area contributed by atoms with Gasteiger partial charge >= 0.3 is 35.5 Å². The molecular weight excluding hydrogens is 435 g/mol. The molecule has 182 valence electrons. The van der Waals surface area contributed by atoms with Gasteiger partial charge in [-0.3, -0.25) is 8.98 Å². The number of aliphatic hydroxyl groups is 2. The summed E-state index contributed by atoms with van der Waals surface area (Å²) in [6.45, 7) is 0.921. The largest absolute Gasteiger partial charge is 1.00 e. The van der Waals surface area contributed by atoms with Crippen LogP contribution in [0.4, 0.5) is 0 Å². The van der Waals surface area contributed by atoms with E-state index in [-0.39, 0.29) is 29.6 Å². The number of carbonyl (C=O) groups is 1. The Labute approximate surface area is 211 Å². The quantitative estimate of drug-likeness (QED) is 0.102. The van der Waals surface area contributed by atoms with E-state index >= 15 is 0 Å². The van der Waals surface area contributed by atoms with Crippen molar-refractivity contribution < 1.29 is 66.8 Å². The number of carboxylic acid groups (broad SMARTS) is 1. The second kappa shape index (κ2) is 26.5. The molecule has 8 nitrogen and oxygen atoms in total. The first-order chi connectivity index (χ1) is 14.2. The Morgan fingerprint density at radius 3 is 1.48 bits per heavy atom. The maximum Gasteiger partial charge on any atom is 1.00 e. The maximum absolute atomic E-state index is 10.3. The molecule has 0 saturated carbocycles. The van der Waals surface area contributed by atoms with Gasteiger partial charge in [0.25, 0.3) is 0 Å². The molecule has 0 bridgehead atoms. The van der Waals surface area contributed by atoms with E-state index in [9.17, 15) is 17.8 Å². The zero-order valence-corrected chi connectivity index (χ0v) is 22.4. The molecular formula is C21H43NaO8S. The second-order valence-electron chi connectivity index (χ2n) is 7.62. The fraction of sp³-hybridized carbons (Fsp3) is 0.952. The van der Waals surface area contributed by atoms with Crippen LogP contribution in [0.2, 0.25) is 0 Å². The molecule has 0 aromatic carbocycles. The van der Waals surface area contributed by atoms with Crippen molar-refractivity contribution in [2.45, 2.75) is 116 Å². The first-order valence-corrected chi connectivity index (χ1v) is 12.7. The molecule has 0 amide bonds. The van der Waals surface area contributed by atoms with E-state index in [2.05, 4.69) is 11.1 Å². The van der Waals surface area contributed by atoms with Crippen molar-refractivity contribution in [1.29, 1.82) is 0 Å². The van der Waals surface area contributed by atoms with Crippen molar-refractivity contribution in [2.75, 3.05) is 13.2 Å². The van der Waals surface area contributed by atoms with Crippen LogP contribution in [0.3, 0.4) is 0 Å². The average molecular weight is 479 g/mol. The van der Waals surface area contributed by atoms with Crippen LogP contribution in [0.15, 0.2) is 0 Å². The molecule has 0 fully saturated rings. The number of aliphatic hydroxyl groups excluding tert-OH is 2. The van der Waals surface area contributed by atoms with Crippen LogP contribution in [0.1, 0.15) is 110 Å². The van der Waals surface area contributed by atoms with Gasteiger partial charge in [-0.2, -0.15) is 0 Å². The van der Waals surface area contributed by atoms with Gasteiger partial charge in [-0.05, 0) is 6.42 Å². The van der Waals surface area contributed by atoms with E-state index in [1.807, 2.05) is 0 Å². The van der Waals surface area contributed by atoms with E-state index in [0.29, 0.717) is 6.42 Å². The zero-order valence-electron chi connectivity index (χ0n) is 19.6. The van der Waals surface area contributed by atoms with Crippen LogP contribution in [0.25, 0.3) is 0 Å². The van der Waals surface area contributed by atoms with Gasteiger partial charge in [-0.15, -0.1) is 0 Å². The van der Waals surface area contributed by atoms with E-state index in [0.717, 1.165) is 12.8 Å². The van der Waals surface area contributed by atoms with Gasteiger partial charge in [-0.25, -0.2) is 8.42 Å². The Kier molecular flexibility index (Phi) is 30.7. The number of hydrogen-bond acceptors (Lipinski definition) is 7. The molecule has 0 saturated heterocycles. The van der Waals surface area contributed by atoms with E-state index in [1.165, 1.54) is 83.5 Å². The number of unbranched alkanes of at least 4 members (excludes halogenated alkanes) is 14. The Morgan fingerprint density at radius 1 is 0.839 bits per heavy atom. The smallest absolute Gasteiger partial charge is 0.726 e. The summed E-state index contributed by atoms with van der Waals surface area (Å²) >= 11 is 0. The Hall–Kier alpha value is 0.260. The molecule has 1 atom stereocenters. The van der Waals surface area contributed by atoms with Gasteiger partial charge in [0.15, 0.2) is 0 Å². The second-order valence-corrected chi connectivity index (χ2v) is 8.67. The zero-order chi connectivity index (χ0) is 23.1. The number of carboxylic acids is 1. The summed E-state index contributed by atoms with van der Waals surface area (Å²) < 4.78 is 32.6. The minimum absolute atomic E-state index is 0. The molecule has 0 rings (SSSR count). The molecule has 0 aliphatic rings.